The minimum Gasteiger partial charge on any atom is -0.350 e. The first-order valence-electron chi connectivity index (χ1n) is 10.5. The van der Waals surface area contributed by atoms with Crippen LogP contribution in [0.2, 0.25) is 0 Å². The predicted octanol–water partition coefficient (Wildman–Crippen LogP) is 3.36. The minimum absolute atomic E-state index is 0.0221. The highest BCUT2D eigenvalue weighted by molar-refractivity contribution is 6.45. The predicted molar refractivity (Wildman–Crippen MR) is 122 cm³/mol. The summed E-state index contributed by atoms with van der Waals surface area (Å²) in [4.78, 5) is 28.2. The van der Waals surface area contributed by atoms with Gasteiger partial charge in [-0.2, -0.15) is 0 Å². The van der Waals surface area contributed by atoms with E-state index in [0.717, 1.165) is 46.0 Å². The molecule has 6 heteroatoms. The number of imide groups is 1. The van der Waals surface area contributed by atoms with Crippen LogP contribution in [0.4, 0.5) is 5.69 Å². The Hall–Kier alpha value is -3.64. The van der Waals surface area contributed by atoms with Gasteiger partial charge in [-0.15, -0.1) is 0 Å². The maximum atomic E-state index is 13.7. The van der Waals surface area contributed by atoms with Crippen molar-refractivity contribution in [3.63, 3.8) is 0 Å². The number of benzene rings is 2. The van der Waals surface area contributed by atoms with Gasteiger partial charge < -0.3 is 14.9 Å². The molecule has 2 N–H and O–H groups in total. The molecule has 0 saturated carbocycles. The summed E-state index contributed by atoms with van der Waals surface area (Å²) in [5, 5.41) is 1.88. The number of para-hydroxylation sites is 2. The van der Waals surface area contributed by atoms with E-state index in [1.165, 1.54) is 11.0 Å². The van der Waals surface area contributed by atoms with Gasteiger partial charge in [0.1, 0.15) is 0 Å². The number of carbonyl (C=O) groups excluding carboxylic acids is 2. The lowest BCUT2D eigenvalue weighted by Gasteiger charge is -2.24. The number of rotatable bonds is 2. The summed E-state index contributed by atoms with van der Waals surface area (Å²) in [5.74, 6) is -0.578. The summed E-state index contributed by atoms with van der Waals surface area (Å²) in [7, 11) is 1.95. The SMILES string of the molecule is Cn1cc(C2=CC(=O)N(c3c4n(c5ccccc35)CCC(N)C4)C2=O)c2ccccc21. The summed E-state index contributed by atoms with van der Waals surface area (Å²) in [6.45, 7) is 0.789. The Morgan fingerprint density at radius 3 is 2.48 bits per heavy atom. The van der Waals surface area contributed by atoms with E-state index in [1.807, 2.05) is 66.3 Å². The molecule has 6 rings (SSSR count). The van der Waals surface area contributed by atoms with Crippen molar-refractivity contribution in [2.45, 2.75) is 25.4 Å². The molecule has 2 aromatic heterocycles. The number of nitrogens with two attached hydrogens (primary N) is 1. The van der Waals surface area contributed by atoms with Crippen molar-refractivity contribution in [1.29, 1.82) is 0 Å². The molecule has 2 amide bonds. The molecule has 0 radical (unpaired) electrons. The number of aryl methyl sites for hydroxylation is 2. The van der Waals surface area contributed by atoms with Crippen molar-refractivity contribution in [3.05, 3.63) is 72.1 Å². The number of hydrogen-bond donors (Lipinski definition) is 1. The Kier molecular flexibility index (Phi) is 3.76. The van der Waals surface area contributed by atoms with Crippen LogP contribution in [0.5, 0.6) is 0 Å². The molecule has 6 nitrogen and oxygen atoms in total. The summed E-state index contributed by atoms with van der Waals surface area (Å²) in [6.07, 6.45) is 4.93. The van der Waals surface area contributed by atoms with E-state index < -0.39 is 0 Å². The van der Waals surface area contributed by atoms with Crippen LogP contribution >= 0.6 is 0 Å². The van der Waals surface area contributed by atoms with Gasteiger partial charge in [0.15, 0.2) is 0 Å². The normalized spacial score (nSPS) is 18.8. The number of amides is 2. The zero-order chi connectivity index (χ0) is 21.3. The van der Waals surface area contributed by atoms with Gasteiger partial charge in [0.25, 0.3) is 11.8 Å². The van der Waals surface area contributed by atoms with E-state index in [2.05, 4.69) is 4.57 Å². The Morgan fingerprint density at radius 1 is 0.968 bits per heavy atom. The molecule has 0 saturated heterocycles. The second-order valence-electron chi connectivity index (χ2n) is 8.42. The second-order valence-corrected chi connectivity index (χ2v) is 8.42. The largest absolute Gasteiger partial charge is 0.350 e. The number of anilines is 1. The van der Waals surface area contributed by atoms with Gasteiger partial charge >= 0.3 is 0 Å². The van der Waals surface area contributed by atoms with Gasteiger partial charge in [0, 0.05) is 65.9 Å². The van der Waals surface area contributed by atoms with Crippen molar-refractivity contribution >= 4 is 44.9 Å². The van der Waals surface area contributed by atoms with Crippen LogP contribution in [0.15, 0.2) is 60.8 Å². The number of carbonyl (C=O) groups is 2. The first-order valence-corrected chi connectivity index (χ1v) is 10.5. The topological polar surface area (TPSA) is 73.3 Å². The zero-order valence-electron chi connectivity index (χ0n) is 17.2. The molecule has 1 atom stereocenters. The quantitative estimate of drug-likeness (QED) is 0.515. The van der Waals surface area contributed by atoms with Crippen LogP contribution in [0.3, 0.4) is 0 Å². The molecular weight excluding hydrogens is 388 g/mol. The average Bonchev–Trinajstić information content (AvgIpc) is 3.37. The van der Waals surface area contributed by atoms with E-state index in [9.17, 15) is 9.59 Å². The molecule has 4 aromatic rings. The fraction of sp³-hybridized carbons (Fsp3) is 0.200. The fourth-order valence-corrected chi connectivity index (χ4v) is 5.13. The highest BCUT2D eigenvalue weighted by atomic mass is 16.2. The standard InChI is InChI=1S/C25H22N4O2/c1-27-14-19(16-6-2-4-8-20(16)27)18-13-23(30)29(25(18)31)24-17-7-3-5-9-21(17)28-11-10-15(26)12-22(24)28/h2-9,13-15H,10-12,26H2,1H3. The van der Waals surface area contributed by atoms with E-state index in [0.29, 0.717) is 17.7 Å². The van der Waals surface area contributed by atoms with E-state index in [1.54, 1.807) is 0 Å². The van der Waals surface area contributed by atoms with Gasteiger partial charge in [-0.1, -0.05) is 36.4 Å². The molecule has 2 aromatic carbocycles. The number of aromatic nitrogens is 2. The van der Waals surface area contributed by atoms with Crippen LogP contribution in [-0.2, 0) is 29.6 Å². The molecule has 0 aliphatic carbocycles. The van der Waals surface area contributed by atoms with Crippen molar-refractivity contribution in [3.8, 4) is 0 Å². The monoisotopic (exact) mass is 410 g/mol. The van der Waals surface area contributed by atoms with Gasteiger partial charge in [0.05, 0.1) is 16.8 Å². The van der Waals surface area contributed by atoms with Gasteiger partial charge in [-0.05, 0) is 18.6 Å². The summed E-state index contributed by atoms with van der Waals surface area (Å²) in [6, 6.07) is 15.9. The molecule has 154 valence electrons. The zero-order valence-corrected chi connectivity index (χ0v) is 17.2. The molecule has 4 heterocycles. The van der Waals surface area contributed by atoms with Gasteiger partial charge in [-0.25, -0.2) is 4.90 Å². The maximum absolute atomic E-state index is 13.7. The Balaban J connectivity index is 1.52. The lowest BCUT2D eigenvalue weighted by molar-refractivity contribution is -0.119. The molecule has 2 aliphatic rings. The van der Waals surface area contributed by atoms with Crippen molar-refractivity contribution in [2.75, 3.05) is 4.90 Å². The molecule has 31 heavy (non-hydrogen) atoms. The highest BCUT2D eigenvalue weighted by Gasteiger charge is 2.38. The Labute approximate surface area is 179 Å². The first-order chi connectivity index (χ1) is 15.0. The molecular formula is C25H22N4O2. The Morgan fingerprint density at radius 2 is 1.68 bits per heavy atom. The molecule has 1 unspecified atom stereocenters. The van der Waals surface area contributed by atoms with Crippen LogP contribution in [0.25, 0.3) is 27.4 Å². The fourth-order valence-electron chi connectivity index (χ4n) is 5.13. The van der Waals surface area contributed by atoms with Gasteiger partial charge in [0.2, 0.25) is 0 Å². The Bertz CT molecular complexity index is 1440. The highest BCUT2D eigenvalue weighted by Crippen LogP contribution is 2.41. The third kappa shape index (κ3) is 2.48. The lowest BCUT2D eigenvalue weighted by atomic mass is 10.0. The lowest BCUT2D eigenvalue weighted by Crippen LogP contribution is -2.35. The molecule has 0 bridgehead atoms. The van der Waals surface area contributed by atoms with Crippen LogP contribution < -0.4 is 10.6 Å². The van der Waals surface area contributed by atoms with Crippen LogP contribution in [0.1, 0.15) is 17.7 Å². The molecule has 2 aliphatic heterocycles. The van der Waals surface area contributed by atoms with E-state index >= 15 is 0 Å². The summed E-state index contributed by atoms with van der Waals surface area (Å²) in [5.41, 5.74) is 11.2. The molecule has 0 fully saturated rings. The third-order valence-corrected chi connectivity index (χ3v) is 6.56. The number of nitrogens with zero attached hydrogens (tertiary/aromatic N) is 3. The average molecular weight is 410 g/mol. The number of hydrogen-bond acceptors (Lipinski definition) is 3. The summed E-state index contributed by atoms with van der Waals surface area (Å²) >= 11 is 0. The van der Waals surface area contributed by atoms with Crippen molar-refractivity contribution < 1.29 is 9.59 Å². The summed E-state index contributed by atoms with van der Waals surface area (Å²) < 4.78 is 4.20. The van der Waals surface area contributed by atoms with E-state index in [-0.39, 0.29) is 17.9 Å². The van der Waals surface area contributed by atoms with Crippen molar-refractivity contribution in [1.82, 2.24) is 9.13 Å². The third-order valence-electron chi connectivity index (χ3n) is 6.56. The molecule has 0 spiro atoms. The number of fused-ring (bicyclic) bond motifs is 4. The smallest absolute Gasteiger partial charge is 0.266 e. The first kappa shape index (κ1) is 18.2. The van der Waals surface area contributed by atoms with Crippen LogP contribution in [-0.4, -0.2) is 27.0 Å². The minimum atomic E-state index is -0.300. The van der Waals surface area contributed by atoms with Crippen LogP contribution in [0, 0.1) is 0 Å². The second kappa shape index (κ2) is 6.43. The van der Waals surface area contributed by atoms with E-state index in [4.69, 9.17) is 5.73 Å². The van der Waals surface area contributed by atoms with Gasteiger partial charge in [-0.3, -0.25) is 9.59 Å². The van der Waals surface area contributed by atoms with Crippen molar-refractivity contribution in [2.24, 2.45) is 12.8 Å². The maximum Gasteiger partial charge on any atom is 0.266 e.